The summed E-state index contributed by atoms with van der Waals surface area (Å²) < 4.78 is 0. The van der Waals surface area contributed by atoms with E-state index in [4.69, 9.17) is 0 Å². The van der Waals surface area contributed by atoms with Gasteiger partial charge in [0.2, 0.25) is 0 Å². The van der Waals surface area contributed by atoms with Gasteiger partial charge in [-0.3, -0.25) is 0 Å². The molecule has 3 heteroatoms. The highest BCUT2D eigenvalue weighted by atomic mass is 28.3. The fourth-order valence-electron chi connectivity index (χ4n) is 5.95. The van der Waals surface area contributed by atoms with Crippen LogP contribution in [0.5, 0.6) is 0 Å². The average Bonchev–Trinajstić information content (AvgIpc) is 3.14. The van der Waals surface area contributed by atoms with Crippen molar-refractivity contribution in [3.8, 4) is 0 Å². The molecule has 1 rings (SSSR count). The molecule has 0 aromatic heterocycles. The summed E-state index contributed by atoms with van der Waals surface area (Å²) in [7, 11) is -4.05. The summed E-state index contributed by atoms with van der Waals surface area (Å²) >= 11 is 0. The molecule has 0 saturated carbocycles. The van der Waals surface area contributed by atoms with E-state index in [1.165, 1.54) is 60.8 Å². The smallest absolute Gasteiger partial charge is 0.0768 e. The van der Waals surface area contributed by atoms with E-state index in [1.54, 1.807) is 0 Å². The third-order valence-corrected chi connectivity index (χ3v) is 26.3. The van der Waals surface area contributed by atoms with Crippen LogP contribution in [0.25, 0.3) is 0 Å². The third kappa shape index (κ3) is 3.82. The molecule has 0 spiro atoms. The second-order valence-electron chi connectivity index (χ2n) is 8.61. The van der Waals surface area contributed by atoms with E-state index in [1.807, 2.05) is 15.6 Å². The van der Waals surface area contributed by atoms with E-state index >= 15 is 0 Å². The van der Waals surface area contributed by atoms with Gasteiger partial charge in [0, 0.05) is 0 Å². The molecule has 0 saturated heterocycles. The lowest BCUT2D eigenvalue weighted by atomic mass is 10.5. The molecule has 0 atom stereocenters. The predicted molar refractivity (Wildman–Crippen MR) is 130 cm³/mol. The first-order valence-electron chi connectivity index (χ1n) is 11.8. The lowest BCUT2D eigenvalue weighted by Crippen LogP contribution is -2.46. The molecular formula is C23H47Si3. The van der Waals surface area contributed by atoms with Crippen LogP contribution in [-0.4, -0.2) is 24.2 Å². The standard InChI is InChI=1S/C23H47Si3/c1-10-24(11-2,12-3)21-19-20-22(25(13-4,14-5)15-6)23(21)26(16-7,17-8)18-9/h10-19H2,1-9H3. The van der Waals surface area contributed by atoms with Crippen molar-refractivity contribution in [2.45, 2.75) is 123 Å². The van der Waals surface area contributed by atoms with Crippen molar-refractivity contribution in [3.05, 3.63) is 21.7 Å². The summed E-state index contributed by atoms with van der Waals surface area (Å²) in [6.45, 7) is 22.5. The highest BCUT2D eigenvalue weighted by molar-refractivity contribution is 6.98. The Bertz CT molecular complexity index is 479. The van der Waals surface area contributed by atoms with Crippen LogP contribution in [0.1, 0.15) is 68.7 Å². The number of hydrogen-bond donors (Lipinski definition) is 0. The summed E-state index contributed by atoms with van der Waals surface area (Å²) in [5, 5.41) is 5.90. The fourth-order valence-corrected chi connectivity index (χ4v) is 20.8. The Balaban J connectivity index is 3.81. The topological polar surface area (TPSA) is 0 Å². The molecule has 0 aromatic rings. The second kappa shape index (κ2) is 10.1. The normalized spacial score (nSPS) is 16.4. The van der Waals surface area contributed by atoms with Crippen LogP contribution in [0.4, 0.5) is 0 Å². The molecular weight excluding hydrogens is 361 g/mol. The average molecular weight is 408 g/mol. The van der Waals surface area contributed by atoms with Gasteiger partial charge in [-0.15, -0.1) is 0 Å². The predicted octanol–water partition coefficient (Wildman–Crippen LogP) is 8.56. The summed E-state index contributed by atoms with van der Waals surface area (Å²) in [6, 6.07) is 12.9. The van der Waals surface area contributed by atoms with Gasteiger partial charge in [-0.1, -0.05) is 132 Å². The van der Waals surface area contributed by atoms with E-state index in [0.29, 0.717) is 0 Å². The Morgan fingerprint density at radius 3 is 1.19 bits per heavy atom. The van der Waals surface area contributed by atoms with Crippen LogP contribution in [0, 0.1) is 6.08 Å². The van der Waals surface area contributed by atoms with Crippen molar-refractivity contribution in [2.75, 3.05) is 0 Å². The summed E-state index contributed by atoms with van der Waals surface area (Å²) in [5.41, 5.74) is 0. The highest BCUT2D eigenvalue weighted by Gasteiger charge is 2.47. The van der Waals surface area contributed by atoms with Gasteiger partial charge in [0.25, 0.3) is 0 Å². The summed E-state index contributed by atoms with van der Waals surface area (Å²) in [4.78, 5) is 0. The molecule has 0 nitrogen and oxygen atoms in total. The van der Waals surface area contributed by atoms with Crippen LogP contribution in [-0.2, 0) is 0 Å². The minimum atomic E-state index is -1.38. The molecule has 0 bridgehead atoms. The summed E-state index contributed by atoms with van der Waals surface area (Å²) in [6.07, 6.45) is 5.36. The Hall–Kier alpha value is 0.131. The van der Waals surface area contributed by atoms with Crippen molar-refractivity contribution in [3.63, 3.8) is 0 Å². The SMILES string of the molecule is CC[Si](CC)(CC)C1=[C]CC([Si](CC)(CC)CC)=C1[Si](CC)(CC)CC. The first kappa shape index (κ1) is 24.2. The maximum atomic E-state index is 4.14. The molecule has 151 valence electrons. The van der Waals surface area contributed by atoms with Gasteiger partial charge < -0.3 is 0 Å². The number of hydrogen-bond acceptors (Lipinski definition) is 0. The van der Waals surface area contributed by atoms with Crippen LogP contribution < -0.4 is 0 Å². The van der Waals surface area contributed by atoms with Crippen LogP contribution in [0.3, 0.4) is 0 Å². The molecule has 0 unspecified atom stereocenters. The molecule has 0 aromatic carbocycles. The molecule has 1 aliphatic carbocycles. The van der Waals surface area contributed by atoms with Gasteiger partial charge >= 0.3 is 0 Å². The molecule has 0 aliphatic heterocycles. The monoisotopic (exact) mass is 407 g/mol. The largest absolute Gasteiger partial charge is 0.0861 e. The van der Waals surface area contributed by atoms with Crippen molar-refractivity contribution in [1.29, 1.82) is 0 Å². The van der Waals surface area contributed by atoms with E-state index in [-0.39, 0.29) is 0 Å². The minimum Gasteiger partial charge on any atom is -0.0768 e. The van der Waals surface area contributed by atoms with Gasteiger partial charge in [-0.2, -0.15) is 0 Å². The molecule has 26 heavy (non-hydrogen) atoms. The molecule has 1 aliphatic rings. The zero-order valence-corrected chi connectivity index (χ0v) is 22.6. The number of allylic oxidation sites excluding steroid dienone is 4. The number of rotatable bonds is 12. The van der Waals surface area contributed by atoms with E-state index in [2.05, 4.69) is 68.4 Å². The van der Waals surface area contributed by atoms with E-state index < -0.39 is 24.2 Å². The van der Waals surface area contributed by atoms with E-state index in [9.17, 15) is 0 Å². The fraction of sp³-hybridized carbons (Fsp3) is 0.826. The Morgan fingerprint density at radius 2 is 0.885 bits per heavy atom. The van der Waals surface area contributed by atoms with Gasteiger partial charge in [-0.05, 0) is 12.5 Å². The minimum absolute atomic E-state index is 1.22. The summed E-state index contributed by atoms with van der Waals surface area (Å²) in [5.74, 6) is 0. The lowest BCUT2D eigenvalue weighted by molar-refractivity contribution is 1.12. The molecule has 0 fully saturated rings. The van der Waals surface area contributed by atoms with Gasteiger partial charge in [-0.25, -0.2) is 0 Å². The Morgan fingerprint density at radius 1 is 0.538 bits per heavy atom. The quantitative estimate of drug-likeness (QED) is 0.284. The van der Waals surface area contributed by atoms with Crippen molar-refractivity contribution in [1.82, 2.24) is 0 Å². The van der Waals surface area contributed by atoms with Crippen molar-refractivity contribution >= 4 is 24.2 Å². The van der Waals surface area contributed by atoms with Crippen LogP contribution >= 0.6 is 0 Å². The van der Waals surface area contributed by atoms with E-state index in [0.717, 1.165) is 0 Å². The molecule has 0 heterocycles. The highest BCUT2D eigenvalue weighted by Crippen LogP contribution is 2.50. The Kier molecular flexibility index (Phi) is 9.36. The zero-order valence-electron chi connectivity index (χ0n) is 19.6. The van der Waals surface area contributed by atoms with Crippen molar-refractivity contribution < 1.29 is 0 Å². The first-order chi connectivity index (χ1) is 12.4. The van der Waals surface area contributed by atoms with Gasteiger partial charge in [0.15, 0.2) is 0 Å². The molecule has 1 radical (unpaired) electrons. The molecule has 0 N–H and O–H groups in total. The maximum Gasteiger partial charge on any atom is 0.0861 e. The molecule has 0 amide bonds. The third-order valence-electron chi connectivity index (χ3n) is 8.79. The first-order valence-corrected chi connectivity index (χ1v) is 19.6. The van der Waals surface area contributed by atoms with Crippen LogP contribution in [0.15, 0.2) is 15.6 Å². The maximum absolute atomic E-state index is 4.14. The lowest BCUT2D eigenvalue weighted by Gasteiger charge is -2.42. The van der Waals surface area contributed by atoms with Crippen LogP contribution in [0.2, 0.25) is 54.4 Å². The second-order valence-corrected chi connectivity index (χ2v) is 24.3. The van der Waals surface area contributed by atoms with Crippen molar-refractivity contribution in [2.24, 2.45) is 0 Å². The van der Waals surface area contributed by atoms with Gasteiger partial charge in [0.1, 0.15) is 0 Å². The zero-order chi connectivity index (χ0) is 20.0. The Labute approximate surface area is 169 Å². The van der Waals surface area contributed by atoms with Gasteiger partial charge in [0.05, 0.1) is 24.2 Å².